The van der Waals surface area contributed by atoms with Gasteiger partial charge in [0.15, 0.2) is 0 Å². The molecule has 1 heteroatoms. The van der Waals surface area contributed by atoms with Crippen LogP contribution in [0.15, 0.2) is 0 Å². The molecule has 0 aromatic heterocycles. The van der Waals surface area contributed by atoms with Gasteiger partial charge in [0.2, 0.25) is 0 Å². The van der Waals surface area contributed by atoms with Crippen molar-refractivity contribution in [3.63, 3.8) is 0 Å². The minimum absolute atomic E-state index is 1.000. The van der Waals surface area contributed by atoms with Gasteiger partial charge in [-0.05, 0) is 31.2 Å². The molecule has 1 nitrogen and oxygen atoms in total. The van der Waals surface area contributed by atoms with Gasteiger partial charge in [0.1, 0.15) is 0 Å². The highest BCUT2D eigenvalue weighted by molar-refractivity contribution is 5.12. The average molecular weight is 96.2 g/mol. The first-order valence-corrected chi connectivity index (χ1v) is 3.02. The lowest BCUT2D eigenvalue weighted by Crippen LogP contribution is -2.20. The van der Waals surface area contributed by atoms with E-state index < -0.39 is 0 Å². The largest absolute Gasteiger partial charge is 0.316 e. The first-order valence-electron chi connectivity index (χ1n) is 3.02. The molecule has 2 rings (SSSR count). The van der Waals surface area contributed by atoms with E-state index in [1.54, 1.807) is 5.92 Å². The van der Waals surface area contributed by atoms with E-state index >= 15 is 0 Å². The first kappa shape index (κ1) is 3.90. The lowest BCUT2D eigenvalue weighted by molar-refractivity contribution is 0.418. The number of hydrogen-bond donors (Lipinski definition) is 1. The molecule has 0 amide bonds. The number of rotatable bonds is 0. The van der Waals surface area contributed by atoms with E-state index in [9.17, 15) is 0 Å². The fourth-order valence-electron chi connectivity index (χ4n) is 1.44. The van der Waals surface area contributed by atoms with Gasteiger partial charge in [0.25, 0.3) is 0 Å². The molecule has 1 heterocycles. The third-order valence-electron chi connectivity index (χ3n) is 2.13. The minimum Gasteiger partial charge on any atom is -0.316 e. The fourth-order valence-corrected chi connectivity index (χ4v) is 1.44. The second-order valence-corrected chi connectivity index (χ2v) is 2.52. The Hall–Kier alpha value is -0.0400. The molecule has 1 saturated carbocycles. The molecule has 2 fully saturated rings. The zero-order chi connectivity index (χ0) is 4.69. The minimum atomic E-state index is 1.000. The number of fused-ring (bicyclic) bond motifs is 1. The van der Waals surface area contributed by atoms with Crippen LogP contribution in [-0.4, -0.2) is 13.1 Å². The lowest BCUT2D eigenvalue weighted by Gasteiger charge is -2.27. The second-order valence-electron chi connectivity index (χ2n) is 2.52. The molecule has 0 unspecified atom stereocenters. The van der Waals surface area contributed by atoms with Gasteiger partial charge in [-0.2, -0.15) is 0 Å². The molecule has 1 aliphatic carbocycles. The molecule has 1 radical (unpaired) electrons. The van der Waals surface area contributed by atoms with Crippen molar-refractivity contribution in [2.45, 2.75) is 12.8 Å². The maximum Gasteiger partial charge on any atom is 0.00170 e. The van der Waals surface area contributed by atoms with Crippen LogP contribution in [0.25, 0.3) is 0 Å². The van der Waals surface area contributed by atoms with Crippen LogP contribution in [0.3, 0.4) is 0 Å². The standard InChI is InChI=1S/C6H10N/c1-2-6-4-7-3-5(1)6/h5,7H,1-4H2/t5-/m0/s1. The zero-order valence-corrected chi connectivity index (χ0v) is 4.41. The Labute approximate surface area is 44.1 Å². The smallest absolute Gasteiger partial charge is 0.00170 e. The van der Waals surface area contributed by atoms with E-state index in [-0.39, 0.29) is 0 Å². The van der Waals surface area contributed by atoms with Gasteiger partial charge in [0, 0.05) is 6.54 Å². The molecule has 1 N–H and O–H groups in total. The molecule has 0 aromatic rings. The summed E-state index contributed by atoms with van der Waals surface area (Å²) >= 11 is 0. The van der Waals surface area contributed by atoms with Crippen molar-refractivity contribution >= 4 is 0 Å². The molecule has 1 saturated heterocycles. The van der Waals surface area contributed by atoms with Gasteiger partial charge < -0.3 is 5.32 Å². The van der Waals surface area contributed by atoms with E-state index in [1.807, 2.05) is 0 Å². The number of hydrogen-bond acceptors (Lipinski definition) is 1. The summed E-state index contributed by atoms with van der Waals surface area (Å²) in [6, 6.07) is 0. The Bertz CT molecular complexity index is 70.2. The predicted octanol–water partition coefficient (Wildman–Crippen LogP) is 0.574. The van der Waals surface area contributed by atoms with E-state index in [0.717, 1.165) is 5.92 Å². The Kier molecular flexibility index (Phi) is 0.680. The SMILES string of the molecule is C1C[C@H]2CNC[C]12. The molecule has 1 atom stereocenters. The van der Waals surface area contributed by atoms with Gasteiger partial charge in [-0.1, -0.05) is 0 Å². The lowest BCUT2D eigenvalue weighted by atomic mass is 9.77. The van der Waals surface area contributed by atoms with E-state index in [0.29, 0.717) is 0 Å². The molecular formula is C6H10N. The zero-order valence-electron chi connectivity index (χ0n) is 4.41. The average Bonchev–Trinajstić information content (AvgIpc) is 1.85. The Morgan fingerprint density at radius 2 is 2.57 bits per heavy atom. The third kappa shape index (κ3) is 0.418. The fraction of sp³-hybridized carbons (Fsp3) is 0.833. The number of nitrogens with one attached hydrogen (secondary N) is 1. The van der Waals surface area contributed by atoms with E-state index in [1.165, 1.54) is 25.9 Å². The normalized spacial score (nSPS) is 40.3. The van der Waals surface area contributed by atoms with Crippen LogP contribution in [0, 0.1) is 11.8 Å². The van der Waals surface area contributed by atoms with Gasteiger partial charge in [-0.25, -0.2) is 0 Å². The monoisotopic (exact) mass is 96.1 g/mol. The summed E-state index contributed by atoms with van der Waals surface area (Å²) < 4.78 is 0. The maximum absolute atomic E-state index is 3.35. The van der Waals surface area contributed by atoms with Gasteiger partial charge in [-0.3, -0.25) is 0 Å². The predicted molar refractivity (Wildman–Crippen MR) is 28.8 cm³/mol. The molecule has 7 heavy (non-hydrogen) atoms. The molecule has 2 aliphatic rings. The Morgan fingerprint density at radius 3 is 2.86 bits per heavy atom. The molecular weight excluding hydrogens is 86.1 g/mol. The summed E-state index contributed by atoms with van der Waals surface area (Å²) in [6.07, 6.45) is 2.88. The Morgan fingerprint density at radius 1 is 1.57 bits per heavy atom. The van der Waals surface area contributed by atoms with Gasteiger partial charge in [-0.15, -0.1) is 0 Å². The summed E-state index contributed by atoms with van der Waals surface area (Å²) in [5, 5.41) is 3.35. The summed E-state index contributed by atoms with van der Waals surface area (Å²) in [5.41, 5.74) is 0. The van der Waals surface area contributed by atoms with Crippen molar-refractivity contribution in [3.8, 4) is 0 Å². The van der Waals surface area contributed by atoms with Crippen LogP contribution in [0.4, 0.5) is 0 Å². The molecule has 0 bridgehead atoms. The van der Waals surface area contributed by atoms with E-state index in [4.69, 9.17) is 0 Å². The summed E-state index contributed by atoms with van der Waals surface area (Å²) in [7, 11) is 0. The van der Waals surface area contributed by atoms with Crippen LogP contribution in [0.1, 0.15) is 12.8 Å². The van der Waals surface area contributed by atoms with Crippen molar-refractivity contribution in [1.29, 1.82) is 0 Å². The van der Waals surface area contributed by atoms with Crippen LogP contribution < -0.4 is 5.32 Å². The summed E-state index contributed by atoms with van der Waals surface area (Å²) in [5.74, 6) is 2.78. The molecule has 39 valence electrons. The van der Waals surface area contributed by atoms with Gasteiger partial charge in [0.05, 0.1) is 0 Å². The second kappa shape index (κ2) is 1.22. The topological polar surface area (TPSA) is 12.0 Å². The quantitative estimate of drug-likeness (QED) is 0.465. The highest BCUT2D eigenvalue weighted by Gasteiger charge is 2.34. The van der Waals surface area contributed by atoms with Crippen LogP contribution >= 0.6 is 0 Å². The van der Waals surface area contributed by atoms with Crippen molar-refractivity contribution in [3.05, 3.63) is 5.92 Å². The van der Waals surface area contributed by atoms with Gasteiger partial charge >= 0.3 is 0 Å². The van der Waals surface area contributed by atoms with E-state index in [2.05, 4.69) is 5.32 Å². The van der Waals surface area contributed by atoms with Crippen LogP contribution in [0.5, 0.6) is 0 Å². The Balaban J connectivity index is 2.03. The molecule has 0 aromatic carbocycles. The first-order chi connectivity index (χ1) is 3.47. The van der Waals surface area contributed by atoms with Crippen molar-refractivity contribution in [2.75, 3.05) is 13.1 Å². The van der Waals surface area contributed by atoms with Crippen molar-refractivity contribution in [2.24, 2.45) is 5.92 Å². The highest BCUT2D eigenvalue weighted by atomic mass is 14.9. The van der Waals surface area contributed by atoms with Crippen LogP contribution in [0.2, 0.25) is 0 Å². The highest BCUT2D eigenvalue weighted by Crippen LogP contribution is 2.38. The summed E-state index contributed by atoms with van der Waals surface area (Å²) in [6.45, 7) is 2.50. The maximum atomic E-state index is 3.35. The molecule has 1 aliphatic heterocycles. The summed E-state index contributed by atoms with van der Waals surface area (Å²) in [4.78, 5) is 0. The third-order valence-corrected chi connectivity index (χ3v) is 2.13. The van der Waals surface area contributed by atoms with Crippen molar-refractivity contribution < 1.29 is 0 Å². The molecule has 0 spiro atoms. The van der Waals surface area contributed by atoms with Crippen LogP contribution in [-0.2, 0) is 0 Å². The van der Waals surface area contributed by atoms with Crippen molar-refractivity contribution in [1.82, 2.24) is 5.32 Å².